The Kier molecular flexibility index (Phi) is 18.8. The number of benzene rings is 2. The van der Waals surface area contributed by atoms with Crippen LogP contribution in [-0.2, 0) is 28.4 Å². The van der Waals surface area contributed by atoms with Crippen LogP contribution in [0.15, 0.2) is 24.3 Å². The fourth-order valence-corrected chi connectivity index (χ4v) is 4.91. The zero-order valence-electron chi connectivity index (χ0n) is 28.2. The predicted molar refractivity (Wildman–Crippen MR) is 182 cm³/mol. The third-order valence-corrected chi connectivity index (χ3v) is 7.26. The van der Waals surface area contributed by atoms with E-state index in [0.29, 0.717) is 130 Å². The van der Waals surface area contributed by atoms with E-state index in [9.17, 15) is 19.8 Å². The summed E-state index contributed by atoms with van der Waals surface area (Å²) in [4.78, 5) is 27.5. The second-order valence-electron chi connectivity index (χ2n) is 10.6. The van der Waals surface area contributed by atoms with E-state index in [1.807, 2.05) is 13.8 Å². The molecule has 14 heteroatoms. The molecule has 0 spiro atoms. The molecule has 48 heavy (non-hydrogen) atoms. The molecule has 0 bridgehead atoms. The SMILES string of the molecule is CCOCCOCCOCCNCCNc1ccc(NCCNCCOCCOCCOCC)c2c1C(=O)c1ccc(O)c(O)c1C2=O. The quantitative estimate of drug-likeness (QED) is 0.0486. The van der Waals surface area contributed by atoms with Gasteiger partial charge in [-0.25, -0.2) is 0 Å². The summed E-state index contributed by atoms with van der Waals surface area (Å²) >= 11 is 0. The minimum Gasteiger partial charge on any atom is -0.504 e. The molecule has 0 aliphatic heterocycles. The summed E-state index contributed by atoms with van der Waals surface area (Å²) in [6.45, 7) is 13.9. The number of ketones is 2. The third-order valence-electron chi connectivity index (χ3n) is 7.26. The number of hydrogen-bond donors (Lipinski definition) is 6. The highest BCUT2D eigenvalue weighted by Crippen LogP contribution is 2.42. The van der Waals surface area contributed by atoms with Gasteiger partial charge in [-0.2, -0.15) is 0 Å². The molecular formula is C34H52N4O10. The van der Waals surface area contributed by atoms with Crippen LogP contribution in [0.1, 0.15) is 45.7 Å². The van der Waals surface area contributed by atoms with E-state index < -0.39 is 23.1 Å². The lowest BCUT2D eigenvalue weighted by Crippen LogP contribution is -2.29. The van der Waals surface area contributed by atoms with E-state index in [-0.39, 0.29) is 22.3 Å². The molecule has 0 fully saturated rings. The normalized spacial score (nSPS) is 12.3. The second kappa shape index (κ2) is 23.1. The molecule has 268 valence electrons. The zero-order chi connectivity index (χ0) is 34.4. The van der Waals surface area contributed by atoms with Crippen LogP contribution >= 0.6 is 0 Å². The van der Waals surface area contributed by atoms with Gasteiger partial charge in [-0.15, -0.1) is 0 Å². The first-order chi connectivity index (χ1) is 23.5. The van der Waals surface area contributed by atoms with Gasteiger partial charge in [0.05, 0.1) is 82.8 Å². The third kappa shape index (κ3) is 12.6. The van der Waals surface area contributed by atoms with Gasteiger partial charge in [0, 0.05) is 69.4 Å². The van der Waals surface area contributed by atoms with Crippen LogP contribution in [0, 0.1) is 0 Å². The van der Waals surface area contributed by atoms with Crippen molar-refractivity contribution in [2.24, 2.45) is 0 Å². The lowest BCUT2D eigenvalue weighted by molar-refractivity contribution is 0.0176. The van der Waals surface area contributed by atoms with E-state index in [4.69, 9.17) is 28.4 Å². The molecule has 0 radical (unpaired) electrons. The van der Waals surface area contributed by atoms with E-state index in [0.717, 1.165) is 0 Å². The fourth-order valence-electron chi connectivity index (χ4n) is 4.91. The van der Waals surface area contributed by atoms with Crippen LogP contribution in [0.4, 0.5) is 11.4 Å². The number of phenolic OH excluding ortho intramolecular Hbond substituents is 2. The lowest BCUT2D eigenvalue weighted by atomic mass is 9.81. The average molecular weight is 677 g/mol. The van der Waals surface area contributed by atoms with Gasteiger partial charge in [-0.1, -0.05) is 0 Å². The van der Waals surface area contributed by atoms with Crippen LogP contribution in [0.5, 0.6) is 11.5 Å². The molecule has 14 nitrogen and oxygen atoms in total. The Morgan fingerprint density at radius 3 is 1.42 bits per heavy atom. The van der Waals surface area contributed by atoms with Gasteiger partial charge >= 0.3 is 0 Å². The monoisotopic (exact) mass is 676 g/mol. The number of phenols is 2. The number of hydrogen-bond acceptors (Lipinski definition) is 14. The Morgan fingerprint density at radius 2 is 0.938 bits per heavy atom. The number of nitrogens with one attached hydrogen (secondary N) is 4. The molecule has 0 heterocycles. The number of aromatic hydroxyl groups is 2. The molecule has 6 N–H and O–H groups in total. The molecule has 0 amide bonds. The predicted octanol–water partition coefficient (Wildman–Crippen LogP) is 2.02. The lowest BCUT2D eigenvalue weighted by Gasteiger charge is -2.24. The summed E-state index contributed by atoms with van der Waals surface area (Å²) in [5.41, 5.74) is 1.18. The van der Waals surface area contributed by atoms with E-state index in [1.165, 1.54) is 12.1 Å². The number of ether oxygens (including phenoxy) is 6. The number of carbonyl (C=O) groups is 2. The van der Waals surface area contributed by atoms with Crippen molar-refractivity contribution in [2.45, 2.75) is 13.8 Å². The van der Waals surface area contributed by atoms with Gasteiger partial charge in [-0.05, 0) is 38.1 Å². The first-order valence-electron chi connectivity index (χ1n) is 16.7. The first kappa shape index (κ1) is 39.1. The average Bonchev–Trinajstić information content (AvgIpc) is 3.09. The number of fused-ring (bicyclic) bond motifs is 2. The molecule has 0 unspecified atom stereocenters. The van der Waals surface area contributed by atoms with E-state index in [1.54, 1.807) is 12.1 Å². The second-order valence-corrected chi connectivity index (χ2v) is 10.6. The molecule has 2 aromatic carbocycles. The van der Waals surface area contributed by atoms with Crippen molar-refractivity contribution in [3.63, 3.8) is 0 Å². The summed E-state index contributed by atoms with van der Waals surface area (Å²) in [6.07, 6.45) is 0. The highest BCUT2D eigenvalue weighted by atomic mass is 16.5. The Bertz CT molecular complexity index is 1260. The maximum Gasteiger partial charge on any atom is 0.200 e. The van der Waals surface area contributed by atoms with Gasteiger partial charge in [0.15, 0.2) is 17.3 Å². The maximum atomic E-state index is 13.7. The molecule has 0 aromatic heterocycles. The minimum absolute atomic E-state index is 0.0431. The van der Waals surface area contributed by atoms with Crippen molar-refractivity contribution in [1.82, 2.24) is 10.6 Å². The van der Waals surface area contributed by atoms with Crippen molar-refractivity contribution in [3.05, 3.63) is 46.5 Å². The maximum absolute atomic E-state index is 13.7. The van der Waals surface area contributed by atoms with Crippen molar-refractivity contribution in [3.8, 4) is 11.5 Å². The van der Waals surface area contributed by atoms with Crippen LogP contribution in [0.25, 0.3) is 0 Å². The van der Waals surface area contributed by atoms with Crippen LogP contribution in [0.3, 0.4) is 0 Å². The first-order valence-corrected chi connectivity index (χ1v) is 16.7. The molecule has 0 atom stereocenters. The Balaban J connectivity index is 1.48. The largest absolute Gasteiger partial charge is 0.504 e. The standard InChI is InChI=1S/C34H52N4O10/c1-3-43-17-19-47-23-21-45-15-13-35-9-11-37-26-6-7-27(38-12-10-36-14-16-46-22-24-48-20-18-44-4-2)31-30(26)32(40)25-5-8-28(39)33(41)29(25)34(31)42/h5-8,35-39,41H,3-4,9-24H2,1-2H3. The van der Waals surface area contributed by atoms with Crippen molar-refractivity contribution >= 4 is 22.9 Å². The Hall–Kier alpha value is -3.34. The van der Waals surface area contributed by atoms with Crippen LogP contribution < -0.4 is 21.3 Å². The molecule has 0 saturated heterocycles. The molecule has 3 rings (SSSR count). The van der Waals surface area contributed by atoms with Crippen molar-refractivity contribution in [2.75, 3.05) is 129 Å². The van der Waals surface area contributed by atoms with Crippen molar-refractivity contribution < 1.29 is 48.2 Å². The topological polar surface area (TPSA) is 178 Å². The summed E-state index contributed by atoms with van der Waals surface area (Å²) in [7, 11) is 0. The highest BCUT2D eigenvalue weighted by Gasteiger charge is 2.36. The number of anilines is 2. The summed E-state index contributed by atoms with van der Waals surface area (Å²) < 4.78 is 32.4. The number of rotatable bonds is 28. The van der Waals surface area contributed by atoms with E-state index >= 15 is 0 Å². The molecule has 1 aliphatic rings. The zero-order valence-corrected chi connectivity index (χ0v) is 28.2. The summed E-state index contributed by atoms with van der Waals surface area (Å²) in [5.74, 6) is -2.02. The van der Waals surface area contributed by atoms with Gasteiger partial charge < -0.3 is 59.9 Å². The molecule has 2 aromatic rings. The van der Waals surface area contributed by atoms with Crippen molar-refractivity contribution in [1.29, 1.82) is 0 Å². The Morgan fingerprint density at radius 1 is 0.500 bits per heavy atom. The smallest absolute Gasteiger partial charge is 0.200 e. The van der Waals surface area contributed by atoms with E-state index in [2.05, 4.69) is 21.3 Å². The minimum atomic E-state index is -0.606. The van der Waals surface area contributed by atoms with Crippen LogP contribution in [-0.4, -0.2) is 140 Å². The molecular weight excluding hydrogens is 624 g/mol. The molecule has 1 aliphatic carbocycles. The van der Waals surface area contributed by atoms with Gasteiger partial charge in [0.25, 0.3) is 0 Å². The van der Waals surface area contributed by atoms with Gasteiger partial charge in [-0.3, -0.25) is 9.59 Å². The summed E-state index contributed by atoms with van der Waals surface area (Å²) in [6, 6.07) is 6.08. The Labute approximate surface area is 282 Å². The summed E-state index contributed by atoms with van der Waals surface area (Å²) in [5, 5.41) is 33.7. The van der Waals surface area contributed by atoms with Crippen LogP contribution in [0.2, 0.25) is 0 Å². The fraction of sp³-hybridized carbons (Fsp3) is 0.588. The molecule has 0 saturated carbocycles. The number of carbonyl (C=O) groups excluding carboxylic acids is 2. The van der Waals surface area contributed by atoms with Gasteiger partial charge in [0.1, 0.15) is 0 Å². The van der Waals surface area contributed by atoms with Gasteiger partial charge in [0.2, 0.25) is 5.78 Å². The highest BCUT2D eigenvalue weighted by molar-refractivity contribution is 6.32.